The van der Waals surface area contributed by atoms with E-state index >= 15 is 0 Å². The number of benzene rings is 1. The quantitative estimate of drug-likeness (QED) is 0.907. The summed E-state index contributed by atoms with van der Waals surface area (Å²) >= 11 is 9.10. The molecule has 0 aliphatic carbocycles. The molecule has 1 aromatic carbocycles. The zero-order chi connectivity index (χ0) is 14.5. The van der Waals surface area contributed by atoms with E-state index in [1.807, 2.05) is 25.1 Å². The first kappa shape index (κ1) is 14.8. The molecule has 6 heteroatoms. The number of halogens is 2. The van der Waals surface area contributed by atoms with Gasteiger partial charge in [0.1, 0.15) is 11.6 Å². The lowest BCUT2D eigenvalue weighted by molar-refractivity contribution is -0.118. The van der Waals surface area contributed by atoms with Crippen molar-refractivity contribution >= 4 is 39.3 Å². The Hall–Kier alpha value is -1.59. The SMILES string of the molecule is Cc1ccc(OCC(=O)Nc2ccc(Cl)cn2)c(Br)c1. The van der Waals surface area contributed by atoms with Gasteiger partial charge < -0.3 is 10.1 Å². The number of carbonyl (C=O) groups is 1. The molecule has 0 aliphatic heterocycles. The van der Waals surface area contributed by atoms with Crippen molar-refractivity contribution in [3.63, 3.8) is 0 Å². The van der Waals surface area contributed by atoms with Crippen LogP contribution in [-0.4, -0.2) is 17.5 Å². The van der Waals surface area contributed by atoms with Crippen LogP contribution in [0.1, 0.15) is 5.56 Å². The van der Waals surface area contributed by atoms with Crippen LogP contribution in [0.5, 0.6) is 5.75 Å². The minimum atomic E-state index is -0.285. The van der Waals surface area contributed by atoms with Crippen LogP contribution in [0.3, 0.4) is 0 Å². The molecule has 1 N–H and O–H groups in total. The highest BCUT2D eigenvalue weighted by Crippen LogP contribution is 2.25. The zero-order valence-electron chi connectivity index (χ0n) is 10.7. The summed E-state index contributed by atoms with van der Waals surface area (Å²) in [4.78, 5) is 15.7. The zero-order valence-corrected chi connectivity index (χ0v) is 13.0. The van der Waals surface area contributed by atoms with E-state index in [0.717, 1.165) is 10.0 Å². The molecule has 0 fully saturated rings. The number of ether oxygens (including phenoxy) is 1. The highest BCUT2D eigenvalue weighted by atomic mass is 79.9. The van der Waals surface area contributed by atoms with Gasteiger partial charge in [0.25, 0.3) is 5.91 Å². The molecule has 0 saturated carbocycles. The number of aryl methyl sites for hydroxylation is 1. The molecule has 0 aliphatic rings. The summed E-state index contributed by atoms with van der Waals surface area (Å²) in [5.41, 5.74) is 1.11. The predicted molar refractivity (Wildman–Crippen MR) is 82.3 cm³/mol. The second-order valence-electron chi connectivity index (χ2n) is 4.13. The van der Waals surface area contributed by atoms with Gasteiger partial charge in [0, 0.05) is 6.20 Å². The minimum absolute atomic E-state index is 0.0913. The molecule has 20 heavy (non-hydrogen) atoms. The number of hydrogen-bond acceptors (Lipinski definition) is 3. The summed E-state index contributed by atoms with van der Waals surface area (Å²) in [7, 11) is 0. The highest BCUT2D eigenvalue weighted by Gasteiger charge is 2.07. The summed E-state index contributed by atoms with van der Waals surface area (Å²) in [5, 5.41) is 3.14. The van der Waals surface area contributed by atoms with Gasteiger partial charge in [-0.15, -0.1) is 0 Å². The van der Waals surface area contributed by atoms with Gasteiger partial charge in [0.05, 0.1) is 9.50 Å². The van der Waals surface area contributed by atoms with Crippen LogP contribution in [0, 0.1) is 6.92 Å². The summed E-state index contributed by atoms with van der Waals surface area (Å²) in [6.45, 7) is 1.89. The molecule has 1 aromatic heterocycles. The van der Waals surface area contributed by atoms with E-state index in [-0.39, 0.29) is 12.5 Å². The van der Waals surface area contributed by atoms with Gasteiger partial charge in [0.15, 0.2) is 6.61 Å². The monoisotopic (exact) mass is 354 g/mol. The second kappa shape index (κ2) is 6.72. The summed E-state index contributed by atoms with van der Waals surface area (Å²) < 4.78 is 6.25. The standard InChI is InChI=1S/C14H12BrClN2O2/c1-9-2-4-12(11(15)6-9)20-8-14(19)18-13-5-3-10(16)7-17-13/h2-7H,8H2,1H3,(H,17,18,19). The summed E-state index contributed by atoms with van der Waals surface area (Å²) in [6.07, 6.45) is 1.47. The Morgan fingerprint density at radius 1 is 1.40 bits per heavy atom. The number of nitrogens with one attached hydrogen (secondary N) is 1. The van der Waals surface area contributed by atoms with Crippen LogP contribution in [0.4, 0.5) is 5.82 Å². The maximum Gasteiger partial charge on any atom is 0.263 e. The largest absolute Gasteiger partial charge is 0.483 e. The number of hydrogen-bond donors (Lipinski definition) is 1. The fourth-order valence-electron chi connectivity index (χ4n) is 1.49. The topological polar surface area (TPSA) is 51.2 Å². The van der Waals surface area contributed by atoms with Crippen LogP contribution in [0.2, 0.25) is 5.02 Å². The predicted octanol–water partition coefficient (Wildman–Crippen LogP) is 3.82. The fourth-order valence-corrected chi connectivity index (χ4v) is 2.21. The summed E-state index contributed by atoms with van der Waals surface area (Å²) in [5.74, 6) is 0.771. The average molecular weight is 356 g/mol. The Labute approximate surface area is 130 Å². The van der Waals surface area contributed by atoms with Gasteiger partial charge in [-0.3, -0.25) is 4.79 Å². The van der Waals surface area contributed by atoms with E-state index in [1.165, 1.54) is 6.20 Å². The number of amides is 1. The van der Waals surface area contributed by atoms with Crippen LogP contribution in [-0.2, 0) is 4.79 Å². The molecule has 0 atom stereocenters. The molecular weight excluding hydrogens is 344 g/mol. The maximum absolute atomic E-state index is 11.7. The number of nitrogens with zero attached hydrogens (tertiary/aromatic N) is 1. The molecule has 0 radical (unpaired) electrons. The maximum atomic E-state index is 11.7. The van der Waals surface area contributed by atoms with Crippen molar-refractivity contribution in [1.29, 1.82) is 0 Å². The fraction of sp³-hybridized carbons (Fsp3) is 0.143. The number of carbonyl (C=O) groups excluding carboxylic acids is 1. The van der Waals surface area contributed by atoms with Gasteiger partial charge in [-0.25, -0.2) is 4.98 Å². The van der Waals surface area contributed by atoms with Crippen molar-refractivity contribution < 1.29 is 9.53 Å². The number of pyridine rings is 1. The normalized spacial score (nSPS) is 10.2. The first-order valence-electron chi connectivity index (χ1n) is 5.85. The van der Waals surface area contributed by atoms with Gasteiger partial charge in [0.2, 0.25) is 0 Å². The van der Waals surface area contributed by atoms with Crippen LogP contribution in [0.15, 0.2) is 41.0 Å². The molecule has 0 bridgehead atoms. The van der Waals surface area contributed by atoms with Gasteiger partial charge in [-0.1, -0.05) is 17.7 Å². The van der Waals surface area contributed by atoms with Gasteiger partial charge >= 0.3 is 0 Å². The number of rotatable bonds is 4. The number of anilines is 1. The Morgan fingerprint density at radius 3 is 2.85 bits per heavy atom. The molecule has 0 unspecified atom stereocenters. The average Bonchev–Trinajstić information content (AvgIpc) is 2.40. The van der Waals surface area contributed by atoms with Crippen molar-refractivity contribution in [3.05, 3.63) is 51.6 Å². The van der Waals surface area contributed by atoms with E-state index < -0.39 is 0 Å². The van der Waals surface area contributed by atoms with Crippen LogP contribution < -0.4 is 10.1 Å². The molecule has 2 rings (SSSR count). The van der Waals surface area contributed by atoms with E-state index in [2.05, 4.69) is 26.2 Å². The van der Waals surface area contributed by atoms with Crippen molar-refractivity contribution in [1.82, 2.24) is 4.98 Å². The first-order valence-corrected chi connectivity index (χ1v) is 7.02. The minimum Gasteiger partial charge on any atom is -0.483 e. The van der Waals surface area contributed by atoms with Crippen LogP contribution in [0.25, 0.3) is 0 Å². The first-order chi connectivity index (χ1) is 9.54. The molecule has 0 spiro atoms. The van der Waals surface area contributed by atoms with Gasteiger partial charge in [-0.2, -0.15) is 0 Å². The third-order valence-electron chi connectivity index (χ3n) is 2.44. The Morgan fingerprint density at radius 2 is 2.20 bits per heavy atom. The van der Waals surface area contributed by atoms with Crippen molar-refractivity contribution in [2.24, 2.45) is 0 Å². The van der Waals surface area contributed by atoms with Crippen molar-refractivity contribution in [2.45, 2.75) is 6.92 Å². The molecule has 0 saturated heterocycles. The lowest BCUT2D eigenvalue weighted by Crippen LogP contribution is -2.20. The van der Waals surface area contributed by atoms with Crippen molar-refractivity contribution in [3.8, 4) is 5.75 Å². The van der Waals surface area contributed by atoms with E-state index in [9.17, 15) is 4.79 Å². The van der Waals surface area contributed by atoms with Gasteiger partial charge in [-0.05, 0) is 52.7 Å². The lowest BCUT2D eigenvalue weighted by Gasteiger charge is -2.09. The molecule has 1 amide bonds. The Kier molecular flexibility index (Phi) is 4.98. The smallest absolute Gasteiger partial charge is 0.263 e. The van der Waals surface area contributed by atoms with E-state index in [1.54, 1.807) is 12.1 Å². The van der Waals surface area contributed by atoms with Crippen LogP contribution >= 0.6 is 27.5 Å². The molecule has 1 heterocycles. The molecule has 4 nitrogen and oxygen atoms in total. The lowest BCUT2D eigenvalue weighted by atomic mass is 10.2. The molecular formula is C14H12BrClN2O2. The third kappa shape index (κ3) is 4.21. The number of aromatic nitrogens is 1. The molecule has 2 aromatic rings. The highest BCUT2D eigenvalue weighted by molar-refractivity contribution is 9.10. The molecule has 104 valence electrons. The third-order valence-corrected chi connectivity index (χ3v) is 3.28. The van der Waals surface area contributed by atoms with E-state index in [4.69, 9.17) is 16.3 Å². The Bertz CT molecular complexity index is 617. The Balaban J connectivity index is 1.90. The summed E-state index contributed by atoms with van der Waals surface area (Å²) in [6, 6.07) is 8.93. The van der Waals surface area contributed by atoms with E-state index in [0.29, 0.717) is 16.6 Å². The second-order valence-corrected chi connectivity index (χ2v) is 5.42. The van der Waals surface area contributed by atoms with Crippen molar-refractivity contribution in [2.75, 3.05) is 11.9 Å².